The van der Waals surface area contributed by atoms with Crippen molar-refractivity contribution in [2.75, 3.05) is 6.54 Å². The molecule has 114 valence electrons. The van der Waals surface area contributed by atoms with Crippen LogP contribution in [-0.4, -0.2) is 28.5 Å². The molecule has 0 aliphatic rings. The Bertz CT molecular complexity index is 545. The third-order valence-corrected chi connectivity index (χ3v) is 3.49. The number of aliphatic carboxylic acids is 1. The van der Waals surface area contributed by atoms with Gasteiger partial charge in [-0.25, -0.2) is 4.79 Å². The van der Waals surface area contributed by atoms with E-state index < -0.39 is 5.97 Å². The summed E-state index contributed by atoms with van der Waals surface area (Å²) < 4.78 is 0. The predicted octanol–water partition coefficient (Wildman–Crippen LogP) is 2.59. The molecule has 1 unspecified atom stereocenters. The fourth-order valence-corrected chi connectivity index (χ4v) is 1.49. The van der Waals surface area contributed by atoms with Crippen LogP contribution in [0.4, 0.5) is 0 Å². The number of hydrogen-bond acceptors (Lipinski definition) is 3. The first-order valence-electron chi connectivity index (χ1n) is 6.84. The lowest BCUT2D eigenvalue weighted by Crippen LogP contribution is -2.33. The number of amides is 1. The minimum atomic E-state index is -1.04. The number of pyridine rings is 1. The van der Waals surface area contributed by atoms with Gasteiger partial charge >= 0.3 is 5.97 Å². The Labute approximate surface area is 125 Å². The van der Waals surface area contributed by atoms with E-state index in [1.165, 1.54) is 18.5 Å². The summed E-state index contributed by atoms with van der Waals surface area (Å²) in [4.78, 5) is 26.5. The Hall–Kier alpha value is -2.17. The summed E-state index contributed by atoms with van der Waals surface area (Å²) in [6.45, 7) is 9.05. The molecule has 0 aliphatic heterocycles. The predicted molar refractivity (Wildman–Crippen MR) is 81.9 cm³/mol. The topological polar surface area (TPSA) is 79.3 Å². The van der Waals surface area contributed by atoms with Crippen molar-refractivity contribution in [3.05, 3.63) is 35.7 Å². The lowest BCUT2D eigenvalue weighted by molar-refractivity contribution is -0.131. The van der Waals surface area contributed by atoms with Gasteiger partial charge in [0.05, 0.1) is 5.56 Å². The van der Waals surface area contributed by atoms with E-state index in [1.807, 2.05) is 0 Å². The molecule has 5 nitrogen and oxygen atoms in total. The van der Waals surface area contributed by atoms with Gasteiger partial charge in [0.15, 0.2) is 0 Å². The summed E-state index contributed by atoms with van der Waals surface area (Å²) in [5.74, 6) is -0.905. The third kappa shape index (κ3) is 5.77. The van der Waals surface area contributed by atoms with Crippen molar-refractivity contribution in [1.82, 2.24) is 10.3 Å². The zero-order valence-corrected chi connectivity index (χ0v) is 12.9. The van der Waals surface area contributed by atoms with Gasteiger partial charge in [-0.1, -0.05) is 27.7 Å². The van der Waals surface area contributed by atoms with E-state index in [-0.39, 0.29) is 11.3 Å². The quantitative estimate of drug-likeness (QED) is 0.817. The van der Waals surface area contributed by atoms with Crippen molar-refractivity contribution in [3.63, 3.8) is 0 Å². The van der Waals surface area contributed by atoms with E-state index in [0.29, 0.717) is 23.6 Å². The molecule has 1 heterocycles. The highest BCUT2D eigenvalue weighted by Gasteiger charge is 2.20. The van der Waals surface area contributed by atoms with Gasteiger partial charge in [0.25, 0.3) is 5.91 Å². The van der Waals surface area contributed by atoms with Gasteiger partial charge in [-0.2, -0.15) is 0 Å². The van der Waals surface area contributed by atoms with Gasteiger partial charge in [-0.05, 0) is 29.0 Å². The summed E-state index contributed by atoms with van der Waals surface area (Å²) in [6, 6.07) is 1.61. The minimum absolute atomic E-state index is 0.123. The largest absolute Gasteiger partial charge is 0.478 e. The Balaban J connectivity index is 2.71. The summed E-state index contributed by atoms with van der Waals surface area (Å²) in [5, 5.41) is 11.5. The Morgan fingerprint density at radius 1 is 1.38 bits per heavy atom. The van der Waals surface area contributed by atoms with Crippen molar-refractivity contribution >= 4 is 18.0 Å². The zero-order chi connectivity index (χ0) is 16.0. The number of aromatic nitrogens is 1. The molecular formula is C16H22N2O3. The number of rotatable bonds is 5. The average molecular weight is 290 g/mol. The second-order valence-electron chi connectivity index (χ2n) is 6.16. The molecule has 0 radical (unpaired) electrons. The first-order chi connectivity index (χ1) is 9.70. The van der Waals surface area contributed by atoms with Gasteiger partial charge in [0.2, 0.25) is 0 Å². The second kappa shape index (κ2) is 7.02. The first kappa shape index (κ1) is 16.9. The lowest BCUT2D eigenvalue weighted by Gasteiger charge is -2.27. The van der Waals surface area contributed by atoms with Crippen LogP contribution in [0.25, 0.3) is 6.08 Å². The number of carboxylic acids is 1. The molecule has 0 spiro atoms. The SMILES string of the molecule is CC(CNC(=O)c1cncc(/C=C/C(=O)O)c1)C(C)(C)C. The van der Waals surface area contributed by atoms with Crippen LogP contribution in [0.3, 0.4) is 0 Å². The van der Waals surface area contributed by atoms with Crippen LogP contribution >= 0.6 is 0 Å². The van der Waals surface area contributed by atoms with Crippen LogP contribution in [0.1, 0.15) is 43.6 Å². The maximum atomic E-state index is 12.1. The van der Waals surface area contributed by atoms with E-state index in [9.17, 15) is 9.59 Å². The molecule has 0 saturated carbocycles. The van der Waals surface area contributed by atoms with E-state index in [0.717, 1.165) is 6.08 Å². The molecule has 0 aliphatic carbocycles. The molecule has 0 saturated heterocycles. The van der Waals surface area contributed by atoms with Crippen LogP contribution in [0.15, 0.2) is 24.5 Å². The number of nitrogens with one attached hydrogen (secondary N) is 1. The molecule has 1 aromatic rings. The molecule has 5 heteroatoms. The standard InChI is InChI=1S/C16H22N2O3/c1-11(16(2,3)4)8-18-15(21)13-7-12(9-17-10-13)5-6-14(19)20/h5-7,9-11H,8H2,1-4H3,(H,18,21)(H,19,20)/b6-5+. The van der Waals surface area contributed by atoms with Crippen LogP contribution in [0.5, 0.6) is 0 Å². The van der Waals surface area contributed by atoms with Crippen LogP contribution in [-0.2, 0) is 4.79 Å². The van der Waals surface area contributed by atoms with Gasteiger partial charge in [-0.3, -0.25) is 9.78 Å². The molecule has 1 amide bonds. The summed E-state index contributed by atoms with van der Waals surface area (Å²) in [7, 11) is 0. The molecule has 0 bridgehead atoms. The average Bonchev–Trinajstić information content (AvgIpc) is 2.41. The molecule has 0 fully saturated rings. The van der Waals surface area contributed by atoms with Gasteiger partial charge in [0, 0.05) is 25.0 Å². The number of carboxylic acid groups (broad SMARTS) is 1. The van der Waals surface area contributed by atoms with Gasteiger partial charge in [0.1, 0.15) is 0 Å². The van der Waals surface area contributed by atoms with Gasteiger partial charge < -0.3 is 10.4 Å². The third-order valence-electron chi connectivity index (χ3n) is 3.49. The van der Waals surface area contributed by atoms with E-state index >= 15 is 0 Å². The highest BCUT2D eigenvalue weighted by molar-refractivity contribution is 5.94. The molecule has 1 atom stereocenters. The number of hydrogen-bond donors (Lipinski definition) is 2. The summed E-state index contributed by atoms with van der Waals surface area (Å²) in [6.07, 6.45) is 5.40. The van der Waals surface area contributed by atoms with Gasteiger partial charge in [-0.15, -0.1) is 0 Å². The molecule has 21 heavy (non-hydrogen) atoms. The van der Waals surface area contributed by atoms with Crippen molar-refractivity contribution < 1.29 is 14.7 Å². The summed E-state index contributed by atoms with van der Waals surface area (Å²) in [5.41, 5.74) is 1.12. The molecule has 1 aromatic heterocycles. The smallest absolute Gasteiger partial charge is 0.328 e. The highest BCUT2D eigenvalue weighted by Crippen LogP contribution is 2.24. The van der Waals surface area contributed by atoms with Crippen LogP contribution < -0.4 is 5.32 Å². The van der Waals surface area contributed by atoms with Crippen molar-refractivity contribution in [3.8, 4) is 0 Å². The maximum absolute atomic E-state index is 12.1. The Kier molecular flexibility index (Phi) is 5.64. The number of carbonyl (C=O) groups excluding carboxylic acids is 1. The molecular weight excluding hydrogens is 268 g/mol. The fourth-order valence-electron chi connectivity index (χ4n) is 1.49. The van der Waals surface area contributed by atoms with Crippen molar-refractivity contribution in [1.29, 1.82) is 0 Å². The highest BCUT2D eigenvalue weighted by atomic mass is 16.4. The van der Waals surface area contributed by atoms with Crippen LogP contribution in [0.2, 0.25) is 0 Å². The van der Waals surface area contributed by atoms with Crippen molar-refractivity contribution in [2.45, 2.75) is 27.7 Å². The zero-order valence-electron chi connectivity index (χ0n) is 12.9. The maximum Gasteiger partial charge on any atom is 0.328 e. The monoisotopic (exact) mass is 290 g/mol. The van der Waals surface area contributed by atoms with E-state index in [2.05, 4.69) is 38.0 Å². The normalized spacial score (nSPS) is 13.1. The van der Waals surface area contributed by atoms with E-state index in [1.54, 1.807) is 6.07 Å². The number of nitrogens with zero attached hydrogens (tertiary/aromatic N) is 1. The molecule has 1 rings (SSSR count). The van der Waals surface area contributed by atoms with Crippen molar-refractivity contribution in [2.24, 2.45) is 11.3 Å². The fraction of sp³-hybridized carbons (Fsp3) is 0.438. The Morgan fingerprint density at radius 3 is 2.62 bits per heavy atom. The molecule has 2 N–H and O–H groups in total. The van der Waals surface area contributed by atoms with E-state index in [4.69, 9.17) is 5.11 Å². The summed E-state index contributed by atoms with van der Waals surface area (Å²) >= 11 is 0. The molecule has 0 aromatic carbocycles. The minimum Gasteiger partial charge on any atom is -0.478 e. The lowest BCUT2D eigenvalue weighted by atomic mass is 9.82. The second-order valence-corrected chi connectivity index (χ2v) is 6.16. The van der Waals surface area contributed by atoms with Crippen LogP contribution in [0, 0.1) is 11.3 Å². The number of carbonyl (C=O) groups is 2. The first-order valence-corrected chi connectivity index (χ1v) is 6.84. The Morgan fingerprint density at radius 2 is 2.05 bits per heavy atom.